The molecule has 2 aliphatic rings. The van der Waals surface area contributed by atoms with Gasteiger partial charge in [0.25, 0.3) is 5.56 Å². The Hall–Kier alpha value is -1.56. The molecule has 1 fully saturated rings. The van der Waals surface area contributed by atoms with Gasteiger partial charge in [0.2, 0.25) is 0 Å². The van der Waals surface area contributed by atoms with Gasteiger partial charge in [-0.25, -0.2) is 4.79 Å². The SMILES string of the molecule is O=c1[nH]c2c(c(=O)n1C1CCOCC1)CCCN2. The molecule has 18 heavy (non-hydrogen) atoms. The molecular weight excluding hydrogens is 234 g/mol. The third kappa shape index (κ3) is 1.86. The van der Waals surface area contributed by atoms with Crippen molar-refractivity contribution in [1.82, 2.24) is 9.55 Å². The van der Waals surface area contributed by atoms with Crippen molar-refractivity contribution in [1.29, 1.82) is 0 Å². The van der Waals surface area contributed by atoms with Gasteiger partial charge in [0.1, 0.15) is 5.82 Å². The lowest BCUT2D eigenvalue weighted by atomic mass is 10.1. The maximum Gasteiger partial charge on any atom is 0.330 e. The number of aromatic nitrogens is 2. The first-order valence-corrected chi connectivity index (χ1v) is 6.46. The lowest BCUT2D eigenvalue weighted by Crippen LogP contribution is -2.43. The van der Waals surface area contributed by atoms with Gasteiger partial charge in [0.15, 0.2) is 0 Å². The molecule has 0 aromatic carbocycles. The first-order valence-electron chi connectivity index (χ1n) is 6.46. The second-order valence-electron chi connectivity index (χ2n) is 4.83. The molecule has 0 spiro atoms. The Labute approximate surface area is 104 Å². The summed E-state index contributed by atoms with van der Waals surface area (Å²) in [5.41, 5.74) is 0.278. The van der Waals surface area contributed by atoms with Crippen molar-refractivity contribution >= 4 is 5.82 Å². The van der Waals surface area contributed by atoms with Gasteiger partial charge in [-0.2, -0.15) is 0 Å². The Morgan fingerprint density at radius 1 is 1.22 bits per heavy atom. The average molecular weight is 251 g/mol. The summed E-state index contributed by atoms with van der Waals surface area (Å²) in [6.07, 6.45) is 3.13. The van der Waals surface area contributed by atoms with Crippen molar-refractivity contribution in [2.75, 3.05) is 25.1 Å². The highest BCUT2D eigenvalue weighted by Gasteiger charge is 2.23. The topological polar surface area (TPSA) is 76.1 Å². The molecule has 0 bridgehead atoms. The number of anilines is 1. The zero-order valence-corrected chi connectivity index (χ0v) is 10.2. The van der Waals surface area contributed by atoms with Crippen molar-refractivity contribution in [3.05, 3.63) is 26.4 Å². The summed E-state index contributed by atoms with van der Waals surface area (Å²) in [6, 6.07) is -0.0257. The molecule has 6 nitrogen and oxygen atoms in total. The first kappa shape index (κ1) is 11.5. The van der Waals surface area contributed by atoms with Gasteiger partial charge in [-0.1, -0.05) is 0 Å². The molecule has 1 aromatic rings. The lowest BCUT2D eigenvalue weighted by molar-refractivity contribution is 0.0673. The monoisotopic (exact) mass is 251 g/mol. The summed E-state index contributed by atoms with van der Waals surface area (Å²) in [5.74, 6) is 0.611. The molecule has 0 saturated carbocycles. The Kier molecular flexibility index (Phi) is 2.95. The van der Waals surface area contributed by atoms with E-state index in [2.05, 4.69) is 10.3 Å². The molecule has 2 aliphatic heterocycles. The van der Waals surface area contributed by atoms with Gasteiger partial charge in [0, 0.05) is 25.8 Å². The Balaban J connectivity index is 2.09. The summed E-state index contributed by atoms with van der Waals surface area (Å²) in [4.78, 5) is 27.2. The van der Waals surface area contributed by atoms with Crippen LogP contribution in [0.25, 0.3) is 0 Å². The first-order chi connectivity index (χ1) is 8.77. The minimum atomic E-state index is -0.306. The van der Waals surface area contributed by atoms with Crippen molar-refractivity contribution in [2.24, 2.45) is 0 Å². The molecule has 3 rings (SSSR count). The molecular formula is C12H17N3O3. The highest BCUT2D eigenvalue weighted by molar-refractivity contribution is 5.44. The fraction of sp³-hybridized carbons (Fsp3) is 0.667. The summed E-state index contributed by atoms with van der Waals surface area (Å²) < 4.78 is 6.66. The van der Waals surface area contributed by atoms with E-state index < -0.39 is 0 Å². The van der Waals surface area contributed by atoms with E-state index in [1.165, 1.54) is 4.57 Å². The molecule has 6 heteroatoms. The number of ether oxygens (including phenoxy) is 1. The zero-order valence-electron chi connectivity index (χ0n) is 10.2. The number of hydrogen-bond donors (Lipinski definition) is 2. The van der Waals surface area contributed by atoms with Crippen molar-refractivity contribution in [3.8, 4) is 0 Å². The highest BCUT2D eigenvalue weighted by Crippen LogP contribution is 2.19. The molecule has 0 atom stereocenters. The normalized spacial score (nSPS) is 20.2. The van der Waals surface area contributed by atoms with Crippen LogP contribution in [-0.4, -0.2) is 29.3 Å². The summed E-state index contributed by atoms with van der Waals surface area (Å²) in [5, 5.41) is 3.08. The maximum absolute atomic E-state index is 12.4. The van der Waals surface area contributed by atoms with Crippen LogP contribution in [0.4, 0.5) is 5.82 Å². The van der Waals surface area contributed by atoms with Gasteiger partial charge in [-0.05, 0) is 25.7 Å². The molecule has 1 aromatic heterocycles. The van der Waals surface area contributed by atoms with Crippen LogP contribution in [0.5, 0.6) is 0 Å². The van der Waals surface area contributed by atoms with Gasteiger partial charge in [-0.15, -0.1) is 0 Å². The quantitative estimate of drug-likeness (QED) is 0.750. The maximum atomic E-state index is 12.4. The number of rotatable bonds is 1. The van der Waals surface area contributed by atoms with E-state index in [1.807, 2.05) is 0 Å². The Morgan fingerprint density at radius 3 is 2.78 bits per heavy atom. The molecule has 0 aliphatic carbocycles. The van der Waals surface area contributed by atoms with E-state index in [-0.39, 0.29) is 17.3 Å². The minimum Gasteiger partial charge on any atom is -0.381 e. The van der Waals surface area contributed by atoms with Crippen molar-refractivity contribution in [2.45, 2.75) is 31.7 Å². The summed E-state index contributed by atoms with van der Waals surface area (Å²) >= 11 is 0. The van der Waals surface area contributed by atoms with Gasteiger partial charge in [-0.3, -0.25) is 14.3 Å². The van der Waals surface area contributed by atoms with Crippen LogP contribution in [0.3, 0.4) is 0 Å². The summed E-state index contributed by atoms with van der Waals surface area (Å²) in [6.45, 7) is 2.04. The number of H-pyrrole nitrogens is 1. The van der Waals surface area contributed by atoms with Gasteiger partial charge in [0.05, 0.1) is 5.56 Å². The van der Waals surface area contributed by atoms with Gasteiger partial charge >= 0.3 is 5.69 Å². The van der Waals surface area contributed by atoms with E-state index in [4.69, 9.17) is 4.74 Å². The predicted molar refractivity (Wildman–Crippen MR) is 67.2 cm³/mol. The van der Waals surface area contributed by atoms with Crippen LogP contribution in [0, 0.1) is 0 Å². The second-order valence-corrected chi connectivity index (χ2v) is 4.83. The van der Waals surface area contributed by atoms with Crippen LogP contribution < -0.4 is 16.6 Å². The molecule has 0 unspecified atom stereocenters. The molecule has 3 heterocycles. The zero-order chi connectivity index (χ0) is 12.5. The predicted octanol–water partition coefficient (Wildman–Crippen LogP) is 0.246. The smallest absolute Gasteiger partial charge is 0.330 e. The van der Waals surface area contributed by atoms with Crippen molar-refractivity contribution < 1.29 is 4.74 Å². The second kappa shape index (κ2) is 4.61. The Bertz CT molecular complexity index is 555. The van der Waals surface area contributed by atoms with E-state index in [0.717, 1.165) is 32.2 Å². The number of nitrogens with one attached hydrogen (secondary N) is 2. The third-order valence-corrected chi connectivity index (χ3v) is 3.69. The minimum absolute atomic E-state index is 0.0257. The summed E-state index contributed by atoms with van der Waals surface area (Å²) in [7, 11) is 0. The third-order valence-electron chi connectivity index (χ3n) is 3.69. The number of hydrogen-bond acceptors (Lipinski definition) is 4. The van der Waals surface area contributed by atoms with E-state index in [9.17, 15) is 9.59 Å². The van der Waals surface area contributed by atoms with E-state index in [0.29, 0.717) is 24.6 Å². The fourth-order valence-corrected chi connectivity index (χ4v) is 2.72. The standard InChI is InChI=1S/C12H17N3O3/c16-11-9-2-1-5-13-10(9)14-12(17)15(11)8-3-6-18-7-4-8/h8,13H,1-7H2,(H,14,17). The van der Waals surface area contributed by atoms with E-state index >= 15 is 0 Å². The number of aromatic amines is 1. The van der Waals surface area contributed by atoms with Crippen LogP contribution in [-0.2, 0) is 11.2 Å². The highest BCUT2D eigenvalue weighted by atomic mass is 16.5. The molecule has 1 saturated heterocycles. The average Bonchev–Trinajstić information content (AvgIpc) is 2.40. The molecule has 2 N–H and O–H groups in total. The van der Waals surface area contributed by atoms with E-state index in [1.54, 1.807) is 0 Å². The van der Waals surface area contributed by atoms with Gasteiger partial charge < -0.3 is 10.1 Å². The largest absolute Gasteiger partial charge is 0.381 e. The lowest BCUT2D eigenvalue weighted by Gasteiger charge is -2.25. The van der Waals surface area contributed by atoms with Crippen molar-refractivity contribution in [3.63, 3.8) is 0 Å². The van der Waals surface area contributed by atoms with Crippen LogP contribution in [0.15, 0.2) is 9.59 Å². The van der Waals surface area contributed by atoms with Crippen LogP contribution >= 0.6 is 0 Å². The molecule has 98 valence electrons. The number of nitrogens with zero attached hydrogens (tertiary/aromatic N) is 1. The Morgan fingerprint density at radius 2 is 2.00 bits per heavy atom. The fourth-order valence-electron chi connectivity index (χ4n) is 2.72. The molecule has 0 radical (unpaired) electrons. The molecule has 0 amide bonds. The van der Waals surface area contributed by atoms with Crippen LogP contribution in [0.2, 0.25) is 0 Å². The number of fused-ring (bicyclic) bond motifs is 1. The van der Waals surface area contributed by atoms with Crippen LogP contribution in [0.1, 0.15) is 30.9 Å².